The fourth-order valence-corrected chi connectivity index (χ4v) is 3.65. The predicted molar refractivity (Wildman–Crippen MR) is 73.9 cm³/mol. The first-order chi connectivity index (χ1) is 8.85. The van der Waals surface area contributed by atoms with Crippen molar-refractivity contribution in [3.05, 3.63) is 0 Å². The highest BCUT2D eigenvalue weighted by Crippen LogP contribution is 2.19. The second kappa shape index (κ2) is 7.13. The number of carbonyl (C=O) groups excluding carboxylic acids is 1. The summed E-state index contributed by atoms with van der Waals surface area (Å²) in [6, 6.07) is 0. The van der Waals surface area contributed by atoms with Gasteiger partial charge in [0, 0.05) is 19.3 Å². The van der Waals surface area contributed by atoms with Crippen molar-refractivity contribution in [3.63, 3.8) is 0 Å². The van der Waals surface area contributed by atoms with Gasteiger partial charge in [-0.25, -0.2) is 13.1 Å². The summed E-state index contributed by atoms with van der Waals surface area (Å²) < 4.78 is 26.0. The maximum absolute atomic E-state index is 11.9. The molecule has 1 heterocycles. The van der Waals surface area contributed by atoms with Gasteiger partial charge in [-0.2, -0.15) is 0 Å². The summed E-state index contributed by atoms with van der Waals surface area (Å²) in [7, 11) is -3.69. The molecule has 2 N–H and O–H groups in total. The van der Waals surface area contributed by atoms with Crippen LogP contribution in [-0.2, 0) is 14.8 Å². The fourth-order valence-electron chi connectivity index (χ4n) is 1.12. The molecule has 1 unspecified atom stereocenters. The molecule has 108 valence electrons. The maximum Gasteiger partial charge on any atom is 0.269 e. The fraction of sp³-hybridized carbons (Fsp3) is 0.667. The van der Waals surface area contributed by atoms with E-state index < -0.39 is 10.0 Å². The first kappa shape index (κ1) is 16.3. The third kappa shape index (κ3) is 5.39. The summed E-state index contributed by atoms with van der Waals surface area (Å²) in [6.45, 7) is 3.49. The number of halogens is 1. The Balaban J connectivity index is 2.66. The van der Waals surface area contributed by atoms with E-state index in [0.717, 1.165) is 17.8 Å². The van der Waals surface area contributed by atoms with Gasteiger partial charge in [0.2, 0.25) is 15.4 Å². The number of alkyl halides is 1. The molecule has 0 spiro atoms. The van der Waals surface area contributed by atoms with Crippen molar-refractivity contribution in [2.24, 2.45) is 5.92 Å². The molecule has 0 aliphatic rings. The minimum Gasteiger partial charge on any atom is -0.301 e. The van der Waals surface area contributed by atoms with Gasteiger partial charge in [-0.3, -0.25) is 4.79 Å². The van der Waals surface area contributed by atoms with E-state index in [9.17, 15) is 13.2 Å². The zero-order chi connectivity index (χ0) is 14.5. The van der Waals surface area contributed by atoms with Crippen LogP contribution in [0.25, 0.3) is 0 Å². The van der Waals surface area contributed by atoms with Crippen LogP contribution in [0.2, 0.25) is 0 Å². The van der Waals surface area contributed by atoms with Gasteiger partial charge < -0.3 is 5.32 Å². The molecule has 1 rings (SSSR count). The van der Waals surface area contributed by atoms with Crippen LogP contribution in [0, 0.1) is 5.92 Å². The van der Waals surface area contributed by atoms with E-state index in [-0.39, 0.29) is 27.8 Å². The van der Waals surface area contributed by atoms with Gasteiger partial charge in [0.15, 0.2) is 0 Å². The summed E-state index contributed by atoms with van der Waals surface area (Å²) in [6.07, 6.45) is 0.720. The topological polar surface area (TPSA) is 101 Å². The lowest BCUT2D eigenvalue weighted by Gasteiger charge is -2.09. The second-order valence-corrected chi connectivity index (χ2v) is 7.29. The molecule has 0 radical (unpaired) electrons. The van der Waals surface area contributed by atoms with E-state index in [4.69, 9.17) is 11.6 Å². The normalized spacial score (nSPS) is 13.2. The first-order valence-electron chi connectivity index (χ1n) is 5.52. The molecule has 19 heavy (non-hydrogen) atoms. The number of amides is 1. The van der Waals surface area contributed by atoms with Crippen molar-refractivity contribution in [2.45, 2.75) is 24.6 Å². The molecular formula is C9H15ClN4O3S2. The number of hydrogen-bond acceptors (Lipinski definition) is 6. The van der Waals surface area contributed by atoms with E-state index in [2.05, 4.69) is 20.2 Å². The highest BCUT2D eigenvalue weighted by atomic mass is 35.5. The Morgan fingerprint density at radius 2 is 2.16 bits per heavy atom. The van der Waals surface area contributed by atoms with Crippen LogP contribution in [0.1, 0.15) is 20.3 Å². The van der Waals surface area contributed by atoms with Gasteiger partial charge in [0.05, 0.1) is 0 Å². The molecule has 0 aliphatic heterocycles. The Morgan fingerprint density at radius 3 is 2.74 bits per heavy atom. The van der Waals surface area contributed by atoms with Crippen LogP contribution < -0.4 is 10.0 Å². The number of anilines is 1. The third-order valence-electron chi connectivity index (χ3n) is 2.14. The number of hydrogen-bond donors (Lipinski definition) is 2. The van der Waals surface area contributed by atoms with Crippen LogP contribution in [0.3, 0.4) is 0 Å². The largest absolute Gasteiger partial charge is 0.301 e. The van der Waals surface area contributed by atoms with Gasteiger partial charge in [0.1, 0.15) is 0 Å². The number of nitrogens with one attached hydrogen (secondary N) is 2. The third-order valence-corrected chi connectivity index (χ3v) is 4.99. The van der Waals surface area contributed by atoms with Crippen LogP contribution in [-0.4, -0.2) is 36.9 Å². The van der Waals surface area contributed by atoms with Gasteiger partial charge in [-0.1, -0.05) is 18.3 Å². The standard InChI is InChI=1S/C9H15ClN4O3S2/c1-6(3-4-10)5-11-19(16,17)9-14-13-8(18-9)12-7(2)15/h6,11H,3-5H2,1-2H3,(H,12,13,15). The molecule has 0 aromatic carbocycles. The van der Waals surface area contributed by atoms with Gasteiger partial charge in [-0.05, 0) is 12.3 Å². The average Bonchev–Trinajstić information content (AvgIpc) is 2.75. The van der Waals surface area contributed by atoms with Crippen molar-refractivity contribution < 1.29 is 13.2 Å². The Labute approximate surface area is 120 Å². The maximum atomic E-state index is 11.9. The second-order valence-electron chi connectivity index (χ2n) is 3.99. The lowest BCUT2D eigenvalue weighted by Crippen LogP contribution is -2.28. The molecule has 1 aromatic heterocycles. The quantitative estimate of drug-likeness (QED) is 0.576. The Bertz CT molecular complexity index is 531. The van der Waals surface area contributed by atoms with Crippen molar-refractivity contribution in [3.8, 4) is 0 Å². The average molecular weight is 327 g/mol. The molecule has 10 heteroatoms. The number of nitrogens with zero attached hydrogens (tertiary/aromatic N) is 2. The number of rotatable bonds is 7. The minimum atomic E-state index is -3.69. The monoisotopic (exact) mass is 326 g/mol. The number of sulfonamides is 1. The van der Waals surface area contributed by atoms with Gasteiger partial charge in [0.25, 0.3) is 10.0 Å². The highest BCUT2D eigenvalue weighted by molar-refractivity contribution is 7.91. The van der Waals surface area contributed by atoms with Crippen LogP contribution in [0.15, 0.2) is 4.34 Å². The van der Waals surface area contributed by atoms with E-state index >= 15 is 0 Å². The van der Waals surface area contributed by atoms with Gasteiger partial charge >= 0.3 is 0 Å². The lowest BCUT2D eigenvalue weighted by molar-refractivity contribution is -0.114. The molecule has 1 atom stereocenters. The molecule has 0 fully saturated rings. The van der Waals surface area contributed by atoms with E-state index in [0.29, 0.717) is 5.88 Å². The summed E-state index contributed by atoms with van der Waals surface area (Å²) in [5.74, 6) is 0.285. The smallest absolute Gasteiger partial charge is 0.269 e. The van der Waals surface area contributed by atoms with Crippen LogP contribution >= 0.6 is 22.9 Å². The van der Waals surface area contributed by atoms with E-state index in [1.807, 2.05) is 6.92 Å². The van der Waals surface area contributed by atoms with E-state index in [1.165, 1.54) is 6.92 Å². The van der Waals surface area contributed by atoms with Crippen molar-refractivity contribution >= 4 is 44.0 Å². The van der Waals surface area contributed by atoms with E-state index in [1.54, 1.807) is 0 Å². The summed E-state index contributed by atoms with van der Waals surface area (Å²) in [4.78, 5) is 10.8. The zero-order valence-corrected chi connectivity index (χ0v) is 12.9. The minimum absolute atomic E-state index is 0.134. The molecule has 0 saturated heterocycles. The molecule has 1 aromatic rings. The Hall–Kier alpha value is -0.770. The number of carbonyl (C=O) groups is 1. The predicted octanol–water partition coefficient (Wildman–Crippen LogP) is 1.04. The Kier molecular flexibility index (Phi) is 6.11. The number of aromatic nitrogens is 2. The molecular weight excluding hydrogens is 312 g/mol. The van der Waals surface area contributed by atoms with Crippen molar-refractivity contribution in [2.75, 3.05) is 17.7 Å². The van der Waals surface area contributed by atoms with Crippen molar-refractivity contribution in [1.29, 1.82) is 0 Å². The van der Waals surface area contributed by atoms with Gasteiger partial charge in [-0.15, -0.1) is 21.8 Å². The summed E-state index contributed by atoms with van der Waals surface area (Å²) in [5, 5.41) is 9.66. The lowest BCUT2D eigenvalue weighted by atomic mass is 10.1. The molecule has 1 amide bonds. The zero-order valence-electron chi connectivity index (χ0n) is 10.5. The molecule has 0 bridgehead atoms. The summed E-state index contributed by atoms with van der Waals surface area (Å²) >= 11 is 6.38. The highest BCUT2D eigenvalue weighted by Gasteiger charge is 2.20. The SMILES string of the molecule is CC(=O)Nc1nnc(S(=O)(=O)NCC(C)CCCl)s1. The van der Waals surface area contributed by atoms with Crippen LogP contribution in [0.5, 0.6) is 0 Å². The molecule has 0 aliphatic carbocycles. The van der Waals surface area contributed by atoms with Crippen molar-refractivity contribution in [1.82, 2.24) is 14.9 Å². The summed E-state index contributed by atoms with van der Waals surface area (Å²) in [5.41, 5.74) is 0. The molecule has 7 nitrogen and oxygen atoms in total. The Morgan fingerprint density at radius 1 is 1.47 bits per heavy atom. The molecule has 0 saturated carbocycles. The van der Waals surface area contributed by atoms with Crippen LogP contribution in [0.4, 0.5) is 5.13 Å². The first-order valence-corrected chi connectivity index (χ1v) is 8.35.